The molecule has 0 aromatic rings. The maximum Gasteiger partial charge on any atom is 0.317 e. The van der Waals surface area contributed by atoms with Crippen LogP contribution in [0.1, 0.15) is 0 Å². The molecule has 0 spiro atoms. The minimum absolute atomic E-state index is 0.00782. The maximum atomic E-state index is 11.7. The number of amides is 2. The highest BCUT2D eigenvalue weighted by molar-refractivity contribution is 5.74. The Morgan fingerprint density at radius 2 is 1.88 bits per heavy atom. The summed E-state index contributed by atoms with van der Waals surface area (Å²) < 4.78 is 10.1. The van der Waals surface area contributed by atoms with Gasteiger partial charge in [0.25, 0.3) is 0 Å². The number of hydrogen-bond acceptors (Lipinski definition) is 4. The van der Waals surface area contributed by atoms with Gasteiger partial charge in [-0.15, -0.1) is 0 Å². The van der Waals surface area contributed by atoms with Crippen molar-refractivity contribution >= 4 is 6.03 Å². The van der Waals surface area contributed by atoms with Gasteiger partial charge in [-0.1, -0.05) is 0 Å². The second kappa shape index (κ2) is 8.27. The first-order valence-corrected chi connectivity index (χ1v) is 6.02. The minimum Gasteiger partial charge on any atom is -0.382 e. The van der Waals surface area contributed by atoms with Crippen molar-refractivity contribution in [2.45, 2.75) is 0 Å². The molecule has 0 atom stereocenters. The highest BCUT2D eigenvalue weighted by Crippen LogP contribution is 1.98. The Hall–Kier alpha value is -0.850. The van der Waals surface area contributed by atoms with Crippen LogP contribution >= 0.6 is 0 Å². The Morgan fingerprint density at radius 1 is 1.18 bits per heavy atom. The second-order valence-electron chi connectivity index (χ2n) is 4.13. The molecule has 2 amide bonds. The number of carbonyl (C=O) groups is 1. The molecule has 0 unspecified atom stereocenters. The van der Waals surface area contributed by atoms with E-state index >= 15 is 0 Å². The van der Waals surface area contributed by atoms with E-state index in [0.29, 0.717) is 26.4 Å². The molecule has 1 aliphatic rings. The molecular weight excluding hydrogens is 222 g/mol. The molecule has 1 rings (SSSR count). The van der Waals surface area contributed by atoms with Crippen molar-refractivity contribution in [2.24, 2.45) is 0 Å². The predicted octanol–water partition coefficient (Wildman–Crippen LogP) is -0.394. The molecule has 0 radical (unpaired) electrons. The van der Waals surface area contributed by atoms with Crippen LogP contribution in [-0.2, 0) is 9.47 Å². The Labute approximate surface area is 103 Å². The Bertz CT molecular complexity index is 218. The molecule has 1 N–H and O–H groups in total. The molecule has 1 saturated heterocycles. The van der Waals surface area contributed by atoms with E-state index in [4.69, 9.17) is 9.47 Å². The van der Waals surface area contributed by atoms with Crippen LogP contribution in [0, 0.1) is 0 Å². The van der Waals surface area contributed by atoms with Crippen molar-refractivity contribution < 1.29 is 14.3 Å². The molecule has 6 nitrogen and oxygen atoms in total. The van der Waals surface area contributed by atoms with Crippen LogP contribution in [0.25, 0.3) is 0 Å². The standard InChI is InChI=1S/C11H23N3O3/c1-13-4-6-14(7-5-13)11(15)12-3-8-17-10-9-16-2/h3-10H2,1-2H3,(H,12,15). The third-order valence-corrected chi connectivity index (χ3v) is 2.74. The monoisotopic (exact) mass is 245 g/mol. The zero-order valence-electron chi connectivity index (χ0n) is 10.8. The lowest BCUT2D eigenvalue weighted by Crippen LogP contribution is -2.51. The van der Waals surface area contributed by atoms with Gasteiger partial charge in [-0.05, 0) is 7.05 Å². The van der Waals surface area contributed by atoms with E-state index in [2.05, 4.69) is 17.3 Å². The van der Waals surface area contributed by atoms with Crippen molar-refractivity contribution in [1.82, 2.24) is 15.1 Å². The van der Waals surface area contributed by atoms with Gasteiger partial charge in [-0.25, -0.2) is 4.79 Å². The molecule has 1 aliphatic heterocycles. The number of nitrogens with one attached hydrogen (secondary N) is 1. The average Bonchev–Trinajstić information content (AvgIpc) is 2.34. The minimum atomic E-state index is 0.00782. The fourth-order valence-electron chi connectivity index (χ4n) is 1.60. The van der Waals surface area contributed by atoms with Gasteiger partial charge in [-0.2, -0.15) is 0 Å². The Morgan fingerprint density at radius 3 is 2.53 bits per heavy atom. The summed E-state index contributed by atoms with van der Waals surface area (Å²) in [6.07, 6.45) is 0. The van der Waals surface area contributed by atoms with Crippen LogP contribution in [0.4, 0.5) is 4.79 Å². The number of urea groups is 1. The van der Waals surface area contributed by atoms with Crippen molar-refractivity contribution in [3.05, 3.63) is 0 Å². The summed E-state index contributed by atoms with van der Waals surface area (Å²) in [7, 11) is 3.71. The van der Waals surface area contributed by atoms with Crippen LogP contribution in [-0.4, -0.2) is 82.5 Å². The topological polar surface area (TPSA) is 54.0 Å². The lowest BCUT2D eigenvalue weighted by atomic mass is 10.3. The van der Waals surface area contributed by atoms with E-state index < -0.39 is 0 Å². The van der Waals surface area contributed by atoms with Gasteiger partial charge in [0, 0.05) is 39.8 Å². The number of nitrogens with zero attached hydrogens (tertiary/aromatic N) is 2. The zero-order chi connectivity index (χ0) is 12.5. The number of piperazine rings is 1. The number of ether oxygens (including phenoxy) is 2. The van der Waals surface area contributed by atoms with E-state index in [1.165, 1.54) is 0 Å². The maximum absolute atomic E-state index is 11.7. The highest BCUT2D eigenvalue weighted by Gasteiger charge is 2.17. The molecule has 17 heavy (non-hydrogen) atoms. The van der Waals surface area contributed by atoms with Crippen molar-refractivity contribution in [3.63, 3.8) is 0 Å². The van der Waals surface area contributed by atoms with Crippen LogP contribution in [0.5, 0.6) is 0 Å². The highest BCUT2D eigenvalue weighted by atomic mass is 16.5. The summed E-state index contributed by atoms with van der Waals surface area (Å²) in [4.78, 5) is 15.8. The Balaban J connectivity index is 2.01. The number of hydrogen-bond donors (Lipinski definition) is 1. The van der Waals surface area contributed by atoms with Gasteiger partial charge < -0.3 is 24.6 Å². The summed E-state index contributed by atoms with van der Waals surface area (Å²) in [6.45, 7) is 5.72. The van der Waals surface area contributed by atoms with E-state index in [0.717, 1.165) is 26.2 Å². The average molecular weight is 245 g/mol. The molecular formula is C11H23N3O3. The van der Waals surface area contributed by atoms with Crippen LogP contribution in [0.3, 0.4) is 0 Å². The fraction of sp³-hybridized carbons (Fsp3) is 0.909. The number of methoxy groups -OCH3 is 1. The molecule has 0 aromatic heterocycles. The van der Waals surface area contributed by atoms with Gasteiger partial charge in [0.05, 0.1) is 19.8 Å². The third kappa shape index (κ3) is 5.86. The summed E-state index contributed by atoms with van der Waals surface area (Å²) in [5, 5.41) is 2.85. The van der Waals surface area contributed by atoms with Crippen molar-refractivity contribution in [3.8, 4) is 0 Å². The van der Waals surface area contributed by atoms with Crippen LogP contribution in [0.2, 0.25) is 0 Å². The van der Waals surface area contributed by atoms with Gasteiger partial charge in [0.1, 0.15) is 0 Å². The molecule has 0 aliphatic carbocycles. The third-order valence-electron chi connectivity index (χ3n) is 2.74. The van der Waals surface area contributed by atoms with Gasteiger partial charge >= 0.3 is 6.03 Å². The summed E-state index contributed by atoms with van der Waals surface area (Å²) in [6, 6.07) is 0.00782. The van der Waals surface area contributed by atoms with E-state index in [9.17, 15) is 4.79 Å². The molecule has 0 bridgehead atoms. The lowest BCUT2D eigenvalue weighted by molar-refractivity contribution is 0.0716. The fourth-order valence-corrected chi connectivity index (χ4v) is 1.60. The van der Waals surface area contributed by atoms with Crippen molar-refractivity contribution in [2.75, 3.05) is 66.7 Å². The molecule has 0 aromatic carbocycles. The predicted molar refractivity (Wildman–Crippen MR) is 65.2 cm³/mol. The van der Waals surface area contributed by atoms with E-state index in [1.807, 2.05) is 4.90 Å². The van der Waals surface area contributed by atoms with Crippen LogP contribution in [0.15, 0.2) is 0 Å². The van der Waals surface area contributed by atoms with E-state index in [1.54, 1.807) is 7.11 Å². The first-order chi connectivity index (χ1) is 8.24. The molecule has 1 heterocycles. The molecule has 100 valence electrons. The number of carbonyl (C=O) groups excluding carboxylic acids is 1. The second-order valence-corrected chi connectivity index (χ2v) is 4.13. The normalized spacial score (nSPS) is 17.2. The first-order valence-electron chi connectivity index (χ1n) is 6.02. The summed E-state index contributed by atoms with van der Waals surface area (Å²) >= 11 is 0. The molecule has 6 heteroatoms. The van der Waals surface area contributed by atoms with Crippen LogP contribution < -0.4 is 5.32 Å². The van der Waals surface area contributed by atoms with Crippen molar-refractivity contribution in [1.29, 1.82) is 0 Å². The molecule has 0 saturated carbocycles. The number of rotatable bonds is 6. The van der Waals surface area contributed by atoms with E-state index in [-0.39, 0.29) is 6.03 Å². The van der Waals surface area contributed by atoms with Gasteiger partial charge in [0.15, 0.2) is 0 Å². The number of likely N-dealkylation sites (N-methyl/N-ethyl adjacent to an activating group) is 1. The molecule has 1 fully saturated rings. The SMILES string of the molecule is COCCOCCNC(=O)N1CCN(C)CC1. The zero-order valence-corrected chi connectivity index (χ0v) is 10.8. The summed E-state index contributed by atoms with van der Waals surface area (Å²) in [5.41, 5.74) is 0. The Kier molecular flexibility index (Phi) is 6.91. The van der Waals surface area contributed by atoms with Gasteiger partial charge in [0.2, 0.25) is 0 Å². The van der Waals surface area contributed by atoms with Gasteiger partial charge in [-0.3, -0.25) is 0 Å². The smallest absolute Gasteiger partial charge is 0.317 e. The summed E-state index contributed by atoms with van der Waals surface area (Å²) in [5.74, 6) is 0. The first kappa shape index (κ1) is 14.2. The quantitative estimate of drug-likeness (QED) is 0.647. The lowest BCUT2D eigenvalue weighted by Gasteiger charge is -2.32. The largest absolute Gasteiger partial charge is 0.382 e.